The molecule has 22 heavy (non-hydrogen) atoms. The van der Waals surface area contributed by atoms with E-state index in [-0.39, 0.29) is 0 Å². The number of fused-ring (bicyclic) bond motifs is 1. The summed E-state index contributed by atoms with van der Waals surface area (Å²) >= 11 is 0. The first-order chi connectivity index (χ1) is 10.9. The number of benzene rings is 3. The number of rotatable bonds is 3. The fourth-order valence-electron chi connectivity index (χ4n) is 2.78. The fraction of sp³-hybridized carbons (Fsp3) is 0. The summed E-state index contributed by atoms with van der Waals surface area (Å²) < 4.78 is 2.43. The molecule has 0 aliphatic rings. The van der Waals surface area contributed by atoms with Crippen molar-refractivity contribution in [2.75, 3.05) is 0 Å². The maximum atomic E-state index is 2.43. The number of hydrogen-bond donors (Lipinski definition) is 0. The van der Waals surface area contributed by atoms with Crippen molar-refractivity contribution in [3.8, 4) is 0 Å². The van der Waals surface area contributed by atoms with Crippen molar-refractivity contribution in [1.82, 2.24) is 4.34 Å². The monoisotopic (exact) mass is 301 g/mol. The van der Waals surface area contributed by atoms with Crippen LogP contribution in [0.15, 0.2) is 97.2 Å². The number of aromatic nitrogens is 1. The maximum Gasteiger partial charge on any atom is 0.0592 e. The molecule has 4 rings (SSSR count). The second-order valence-electron chi connectivity index (χ2n) is 5.20. The van der Waals surface area contributed by atoms with Crippen molar-refractivity contribution in [3.05, 3.63) is 97.2 Å². The lowest BCUT2D eigenvalue weighted by molar-refractivity contribution is 1.33. The van der Waals surface area contributed by atoms with Gasteiger partial charge in [0.05, 0.1) is 13.6 Å². The molecule has 0 spiro atoms. The van der Waals surface area contributed by atoms with E-state index in [0.717, 1.165) is 0 Å². The van der Waals surface area contributed by atoms with E-state index in [1.807, 2.05) is 0 Å². The molecule has 2 heteroatoms. The Balaban J connectivity index is 1.95. The average molecular weight is 301 g/mol. The van der Waals surface area contributed by atoms with Crippen molar-refractivity contribution >= 4 is 29.6 Å². The summed E-state index contributed by atoms with van der Waals surface area (Å²) in [5, 5.41) is 4.02. The molecule has 0 radical (unpaired) electrons. The zero-order valence-corrected chi connectivity index (χ0v) is 13.0. The molecule has 0 bridgehead atoms. The predicted octanol–water partition coefficient (Wildman–Crippen LogP) is 4.54. The van der Waals surface area contributed by atoms with Crippen LogP contribution in [-0.4, -0.2) is 4.34 Å². The van der Waals surface area contributed by atoms with Gasteiger partial charge in [-0.25, -0.2) is 0 Å². The van der Waals surface area contributed by atoms with Gasteiger partial charge in [-0.05, 0) is 17.5 Å². The standard InChI is InChI=1S/C20H16NP/c1-3-10-18(11-4-1)22(19-12-5-2-6-13-19)21-16-15-17-9-7-8-14-20(17)21/h1-16H. The lowest BCUT2D eigenvalue weighted by Crippen LogP contribution is -2.16. The molecular formula is C20H16NP. The average Bonchev–Trinajstić information content (AvgIpc) is 3.01. The zero-order chi connectivity index (χ0) is 14.8. The van der Waals surface area contributed by atoms with E-state index in [4.69, 9.17) is 0 Å². The molecule has 0 aliphatic heterocycles. The second-order valence-corrected chi connectivity index (χ2v) is 7.29. The summed E-state index contributed by atoms with van der Waals surface area (Å²) in [6.45, 7) is 0. The highest BCUT2D eigenvalue weighted by atomic mass is 31.1. The summed E-state index contributed by atoms with van der Waals surface area (Å²) in [7, 11) is -0.592. The molecule has 3 aromatic carbocycles. The topological polar surface area (TPSA) is 4.93 Å². The molecule has 1 aromatic heterocycles. The van der Waals surface area contributed by atoms with E-state index in [9.17, 15) is 0 Å². The molecule has 0 aliphatic carbocycles. The third-order valence-corrected chi connectivity index (χ3v) is 6.15. The Morgan fingerprint density at radius 2 is 1.09 bits per heavy atom. The first kappa shape index (κ1) is 13.3. The van der Waals surface area contributed by atoms with E-state index in [0.29, 0.717) is 0 Å². The highest BCUT2D eigenvalue weighted by molar-refractivity contribution is 7.71. The van der Waals surface area contributed by atoms with Crippen LogP contribution in [0.5, 0.6) is 0 Å². The van der Waals surface area contributed by atoms with Crippen LogP contribution in [0.25, 0.3) is 10.9 Å². The summed E-state index contributed by atoms with van der Waals surface area (Å²) in [6.07, 6.45) is 2.22. The Labute approximate surface area is 131 Å². The van der Waals surface area contributed by atoms with E-state index >= 15 is 0 Å². The smallest absolute Gasteiger partial charge is 0.0592 e. The number of hydrogen-bond acceptors (Lipinski definition) is 0. The predicted molar refractivity (Wildman–Crippen MR) is 96.4 cm³/mol. The highest BCUT2D eigenvalue weighted by Gasteiger charge is 2.17. The van der Waals surface area contributed by atoms with E-state index in [1.54, 1.807) is 0 Å². The summed E-state index contributed by atoms with van der Waals surface area (Å²) in [4.78, 5) is 0. The van der Waals surface area contributed by atoms with Crippen LogP contribution in [0.3, 0.4) is 0 Å². The summed E-state index contributed by atoms with van der Waals surface area (Å²) in [6, 6.07) is 32.4. The van der Waals surface area contributed by atoms with Crippen LogP contribution >= 0.6 is 8.07 Å². The van der Waals surface area contributed by atoms with Crippen LogP contribution < -0.4 is 10.6 Å². The van der Waals surface area contributed by atoms with Crippen molar-refractivity contribution in [2.45, 2.75) is 0 Å². The molecule has 4 aromatic rings. The quantitative estimate of drug-likeness (QED) is 0.490. The molecule has 0 atom stereocenters. The SMILES string of the molecule is c1ccc(P(c2ccccc2)n2ccc3ccccc32)cc1. The van der Waals surface area contributed by atoms with Crippen LogP contribution in [-0.2, 0) is 0 Å². The van der Waals surface area contributed by atoms with Crippen LogP contribution in [0.4, 0.5) is 0 Å². The molecule has 1 nitrogen and oxygen atoms in total. The summed E-state index contributed by atoms with van der Waals surface area (Å²) in [5.41, 5.74) is 1.29. The Morgan fingerprint density at radius 3 is 1.73 bits per heavy atom. The molecular weight excluding hydrogens is 285 g/mol. The second kappa shape index (κ2) is 5.79. The van der Waals surface area contributed by atoms with Crippen LogP contribution in [0.2, 0.25) is 0 Å². The van der Waals surface area contributed by atoms with E-state index < -0.39 is 8.07 Å². The molecule has 1 heterocycles. The van der Waals surface area contributed by atoms with Crippen molar-refractivity contribution in [2.24, 2.45) is 0 Å². The lowest BCUT2D eigenvalue weighted by Gasteiger charge is -2.21. The Morgan fingerprint density at radius 1 is 0.545 bits per heavy atom. The van der Waals surface area contributed by atoms with Gasteiger partial charge in [-0.2, -0.15) is 0 Å². The van der Waals surface area contributed by atoms with Gasteiger partial charge >= 0.3 is 0 Å². The fourth-order valence-corrected chi connectivity index (χ4v) is 5.08. The molecule has 0 saturated heterocycles. The minimum Gasteiger partial charge on any atom is -0.318 e. The van der Waals surface area contributed by atoms with Gasteiger partial charge < -0.3 is 4.34 Å². The first-order valence-corrected chi connectivity index (χ1v) is 8.69. The zero-order valence-electron chi connectivity index (χ0n) is 12.1. The molecule has 0 saturated carbocycles. The minimum absolute atomic E-state index is 0.592. The maximum absolute atomic E-state index is 2.43. The van der Waals surface area contributed by atoms with Gasteiger partial charge in [-0.15, -0.1) is 0 Å². The normalized spacial score (nSPS) is 11.1. The Kier molecular flexibility index (Phi) is 3.50. The third-order valence-electron chi connectivity index (χ3n) is 3.80. The first-order valence-electron chi connectivity index (χ1n) is 7.40. The van der Waals surface area contributed by atoms with E-state index in [1.165, 1.54) is 21.5 Å². The Hall–Kier alpha value is -2.37. The van der Waals surface area contributed by atoms with Crippen LogP contribution in [0, 0.1) is 0 Å². The van der Waals surface area contributed by atoms with Crippen molar-refractivity contribution in [1.29, 1.82) is 0 Å². The van der Waals surface area contributed by atoms with Gasteiger partial charge in [0, 0.05) is 16.8 Å². The molecule has 0 unspecified atom stereocenters. The molecule has 106 valence electrons. The van der Waals surface area contributed by atoms with Gasteiger partial charge in [-0.1, -0.05) is 78.9 Å². The van der Waals surface area contributed by atoms with Crippen LogP contribution in [0.1, 0.15) is 0 Å². The lowest BCUT2D eigenvalue weighted by atomic mass is 10.3. The largest absolute Gasteiger partial charge is 0.318 e. The molecule has 0 fully saturated rings. The minimum atomic E-state index is -0.592. The van der Waals surface area contributed by atoms with Gasteiger partial charge in [0.15, 0.2) is 0 Å². The third kappa shape index (κ3) is 2.34. The highest BCUT2D eigenvalue weighted by Crippen LogP contribution is 2.39. The molecule has 0 amide bonds. The van der Waals surface area contributed by atoms with Crippen molar-refractivity contribution < 1.29 is 0 Å². The van der Waals surface area contributed by atoms with Crippen molar-refractivity contribution in [3.63, 3.8) is 0 Å². The Bertz CT molecular complexity index is 842. The van der Waals surface area contributed by atoms with Gasteiger partial charge in [-0.3, -0.25) is 0 Å². The van der Waals surface area contributed by atoms with Gasteiger partial charge in [0.25, 0.3) is 0 Å². The van der Waals surface area contributed by atoms with E-state index in [2.05, 4.69) is 102 Å². The number of para-hydroxylation sites is 1. The molecule has 0 N–H and O–H groups in total. The van der Waals surface area contributed by atoms with Gasteiger partial charge in [0.1, 0.15) is 0 Å². The van der Waals surface area contributed by atoms with Gasteiger partial charge in [0.2, 0.25) is 0 Å². The number of nitrogens with zero attached hydrogens (tertiary/aromatic N) is 1. The summed E-state index contributed by atoms with van der Waals surface area (Å²) in [5.74, 6) is 0.